The summed E-state index contributed by atoms with van der Waals surface area (Å²) in [4.78, 5) is 27.7. The third-order valence-corrected chi connectivity index (χ3v) is 4.42. The Morgan fingerprint density at radius 3 is 2.17 bits per heavy atom. The Bertz CT molecular complexity index is 1090. The number of ether oxygens (including phenoxy) is 1. The highest BCUT2D eigenvalue weighted by molar-refractivity contribution is 6.27. The molecule has 0 heterocycles. The van der Waals surface area contributed by atoms with Crippen molar-refractivity contribution < 1.29 is 14.3 Å². The maximum atomic E-state index is 13.4. The summed E-state index contributed by atoms with van der Waals surface area (Å²) in [5.74, 6) is -0.655. The number of benzene rings is 3. The number of rotatable bonds is 6. The number of anilines is 2. The number of nitrogens with two attached hydrogens (primary N) is 2. The second-order valence-electron chi connectivity index (χ2n) is 6.46. The molecule has 0 aliphatic carbocycles. The van der Waals surface area contributed by atoms with Crippen LogP contribution < -0.4 is 21.1 Å². The van der Waals surface area contributed by atoms with Crippen molar-refractivity contribution in [1.29, 1.82) is 5.41 Å². The van der Waals surface area contributed by atoms with Crippen molar-refractivity contribution >= 4 is 29.0 Å². The SMILES string of the molecule is CCOc1ccc(C(=O)N(C(=O)c2cccc(C(=N)N)c2)c2ccccc2N)cc1. The summed E-state index contributed by atoms with van der Waals surface area (Å²) in [5, 5.41) is 7.61. The number of nitrogens with zero attached hydrogens (tertiary/aromatic N) is 1. The van der Waals surface area contributed by atoms with Crippen molar-refractivity contribution in [3.05, 3.63) is 89.5 Å². The lowest BCUT2D eigenvalue weighted by molar-refractivity contribution is 0.0897. The van der Waals surface area contributed by atoms with Gasteiger partial charge in [0.1, 0.15) is 11.6 Å². The fourth-order valence-corrected chi connectivity index (χ4v) is 2.94. The molecule has 30 heavy (non-hydrogen) atoms. The van der Waals surface area contributed by atoms with Crippen molar-refractivity contribution in [1.82, 2.24) is 0 Å². The molecular formula is C23H22N4O3. The van der Waals surface area contributed by atoms with Gasteiger partial charge in [0.05, 0.1) is 18.0 Å². The summed E-state index contributed by atoms with van der Waals surface area (Å²) >= 11 is 0. The molecule has 152 valence electrons. The summed E-state index contributed by atoms with van der Waals surface area (Å²) in [5.41, 5.74) is 13.1. The summed E-state index contributed by atoms with van der Waals surface area (Å²) in [6.45, 7) is 2.37. The van der Waals surface area contributed by atoms with Crippen LogP contribution in [-0.2, 0) is 0 Å². The minimum absolute atomic E-state index is 0.173. The van der Waals surface area contributed by atoms with Crippen molar-refractivity contribution in [3.63, 3.8) is 0 Å². The predicted octanol–water partition coefficient (Wildman–Crippen LogP) is 3.44. The van der Waals surface area contributed by atoms with E-state index in [2.05, 4.69) is 0 Å². The standard InChI is InChI=1S/C23H22N4O3/c1-2-30-18-12-10-15(11-13-18)22(28)27(20-9-4-3-8-19(20)24)23(29)17-7-5-6-16(14-17)21(25)26/h3-14H,2,24H2,1H3,(H3,25,26). The normalized spacial score (nSPS) is 10.3. The van der Waals surface area contributed by atoms with Gasteiger partial charge in [-0.3, -0.25) is 15.0 Å². The molecule has 0 aliphatic heterocycles. The molecule has 0 bridgehead atoms. The molecule has 7 heteroatoms. The molecule has 3 aromatic rings. The van der Waals surface area contributed by atoms with Gasteiger partial charge in [-0.2, -0.15) is 0 Å². The fraction of sp³-hybridized carbons (Fsp3) is 0.0870. The summed E-state index contributed by atoms with van der Waals surface area (Å²) in [7, 11) is 0. The molecule has 2 amide bonds. The number of amidine groups is 1. The Hall–Kier alpha value is -4.13. The second kappa shape index (κ2) is 8.91. The minimum Gasteiger partial charge on any atom is -0.494 e. The van der Waals surface area contributed by atoms with Crippen LogP contribution in [0.5, 0.6) is 5.75 Å². The molecule has 0 saturated carbocycles. The average molecular weight is 402 g/mol. The molecule has 3 rings (SSSR count). The first-order chi connectivity index (χ1) is 14.4. The number of nitrogen functional groups attached to an aromatic ring is 2. The molecule has 0 spiro atoms. The number of imide groups is 1. The van der Waals surface area contributed by atoms with Crippen LogP contribution in [0.15, 0.2) is 72.8 Å². The molecule has 0 radical (unpaired) electrons. The van der Waals surface area contributed by atoms with Gasteiger partial charge in [0, 0.05) is 16.7 Å². The van der Waals surface area contributed by atoms with E-state index in [0.29, 0.717) is 23.5 Å². The van der Waals surface area contributed by atoms with Crippen LogP contribution in [0.25, 0.3) is 0 Å². The van der Waals surface area contributed by atoms with E-state index in [9.17, 15) is 9.59 Å². The van der Waals surface area contributed by atoms with Crippen molar-refractivity contribution in [3.8, 4) is 5.75 Å². The third-order valence-electron chi connectivity index (χ3n) is 4.42. The average Bonchev–Trinajstić information content (AvgIpc) is 2.76. The first-order valence-electron chi connectivity index (χ1n) is 9.33. The predicted molar refractivity (Wildman–Crippen MR) is 117 cm³/mol. The van der Waals surface area contributed by atoms with Gasteiger partial charge in [-0.1, -0.05) is 24.3 Å². The highest BCUT2D eigenvalue weighted by Crippen LogP contribution is 2.27. The zero-order valence-corrected chi connectivity index (χ0v) is 16.5. The quantitative estimate of drug-likeness (QED) is 0.252. The Morgan fingerprint density at radius 1 is 0.900 bits per heavy atom. The van der Waals surface area contributed by atoms with Crippen LogP contribution in [0.1, 0.15) is 33.2 Å². The maximum Gasteiger partial charge on any atom is 0.265 e. The second-order valence-corrected chi connectivity index (χ2v) is 6.46. The number of hydrogen-bond donors (Lipinski definition) is 3. The molecule has 0 fully saturated rings. The highest BCUT2D eigenvalue weighted by Gasteiger charge is 2.27. The molecule has 0 saturated heterocycles. The Balaban J connectivity index is 2.06. The first-order valence-corrected chi connectivity index (χ1v) is 9.33. The molecular weight excluding hydrogens is 380 g/mol. The van der Waals surface area contributed by atoms with E-state index in [4.69, 9.17) is 21.6 Å². The molecule has 5 N–H and O–H groups in total. The largest absolute Gasteiger partial charge is 0.494 e. The van der Waals surface area contributed by atoms with E-state index in [1.807, 2.05) is 6.92 Å². The van der Waals surface area contributed by atoms with Crippen LogP contribution >= 0.6 is 0 Å². The van der Waals surface area contributed by atoms with Gasteiger partial charge >= 0.3 is 0 Å². The number of nitrogens with one attached hydrogen (secondary N) is 1. The molecule has 0 aliphatic rings. The van der Waals surface area contributed by atoms with Gasteiger partial charge in [-0.25, -0.2) is 4.90 Å². The zero-order valence-electron chi connectivity index (χ0n) is 16.5. The van der Waals surface area contributed by atoms with E-state index >= 15 is 0 Å². The summed E-state index contributed by atoms with van der Waals surface area (Å²) in [6.07, 6.45) is 0. The number of hydrogen-bond acceptors (Lipinski definition) is 5. The lowest BCUT2D eigenvalue weighted by Crippen LogP contribution is -2.37. The first kappa shape index (κ1) is 20.6. The van der Waals surface area contributed by atoms with Crippen LogP contribution in [0.2, 0.25) is 0 Å². The van der Waals surface area contributed by atoms with E-state index in [0.717, 1.165) is 4.90 Å². The van der Waals surface area contributed by atoms with E-state index in [-0.39, 0.29) is 22.8 Å². The van der Waals surface area contributed by atoms with Gasteiger partial charge in [-0.15, -0.1) is 0 Å². The van der Waals surface area contributed by atoms with Crippen LogP contribution in [-0.4, -0.2) is 24.3 Å². The van der Waals surface area contributed by atoms with Crippen LogP contribution in [0.4, 0.5) is 11.4 Å². The van der Waals surface area contributed by atoms with Gasteiger partial charge in [0.2, 0.25) is 0 Å². The lowest BCUT2D eigenvalue weighted by Gasteiger charge is -2.23. The van der Waals surface area contributed by atoms with Crippen LogP contribution in [0, 0.1) is 5.41 Å². The summed E-state index contributed by atoms with van der Waals surface area (Å²) in [6, 6.07) is 19.4. The number of para-hydroxylation sites is 2. The van der Waals surface area contributed by atoms with Crippen molar-refractivity contribution in [2.24, 2.45) is 5.73 Å². The maximum absolute atomic E-state index is 13.4. The van der Waals surface area contributed by atoms with Gasteiger partial charge in [0.25, 0.3) is 11.8 Å². The van der Waals surface area contributed by atoms with E-state index in [1.165, 1.54) is 6.07 Å². The molecule has 3 aromatic carbocycles. The van der Waals surface area contributed by atoms with Crippen LogP contribution in [0.3, 0.4) is 0 Å². The smallest absolute Gasteiger partial charge is 0.265 e. The number of carbonyl (C=O) groups excluding carboxylic acids is 2. The Labute approximate surface area is 174 Å². The highest BCUT2D eigenvalue weighted by atomic mass is 16.5. The minimum atomic E-state index is -0.574. The molecule has 7 nitrogen and oxygen atoms in total. The third kappa shape index (κ3) is 4.30. The summed E-state index contributed by atoms with van der Waals surface area (Å²) < 4.78 is 5.41. The van der Waals surface area contributed by atoms with E-state index < -0.39 is 11.8 Å². The number of carbonyl (C=O) groups is 2. The van der Waals surface area contributed by atoms with Gasteiger partial charge < -0.3 is 16.2 Å². The molecule has 0 aromatic heterocycles. The van der Waals surface area contributed by atoms with E-state index in [1.54, 1.807) is 66.7 Å². The van der Waals surface area contributed by atoms with Crippen molar-refractivity contribution in [2.45, 2.75) is 6.92 Å². The fourth-order valence-electron chi connectivity index (χ4n) is 2.94. The zero-order chi connectivity index (χ0) is 21.7. The van der Waals surface area contributed by atoms with Gasteiger partial charge in [-0.05, 0) is 55.5 Å². The molecule has 0 atom stereocenters. The molecule has 0 unspecified atom stereocenters. The Morgan fingerprint density at radius 2 is 1.53 bits per heavy atom. The monoisotopic (exact) mass is 402 g/mol. The van der Waals surface area contributed by atoms with Gasteiger partial charge in [0.15, 0.2) is 0 Å². The lowest BCUT2D eigenvalue weighted by atomic mass is 10.1. The Kier molecular flexibility index (Phi) is 6.12. The van der Waals surface area contributed by atoms with Crippen molar-refractivity contribution in [2.75, 3.05) is 17.2 Å². The number of amides is 2. The topological polar surface area (TPSA) is 122 Å².